The third-order valence-corrected chi connectivity index (χ3v) is 3.96. The predicted octanol–water partition coefficient (Wildman–Crippen LogP) is 1.81. The van der Waals surface area contributed by atoms with Gasteiger partial charge in [0.15, 0.2) is 0 Å². The lowest BCUT2D eigenvalue weighted by atomic mass is 10.0. The van der Waals surface area contributed by atoms with E-state index in [1.165, 1.54) is 37.9 Å². The van der Waals surface area contributed by atoms with Crippen molar-refractivity contribution in [3.05, 3.63) is 35.9 Å². The fourth-order valence-corrected chi connectivity index (χ4v) is 2.85. The van der Waals surface area contributed by atoms with E-state index in [2.05, 4.69) is 40.5 Å². The van der Waals surface area contributed by atoms with Crippen LogP contribution < -0.4 is 5.32 Å². The second kappa shape index (κ2) is 9.90. The maximum Gasteiger partial charge on any atom is 0.0698 e. The van der Waals surface area contributed by atoms with Crippen LogP contribution in [0.5, 0.6) is 0 Å². The SMILES string of the molecule is OCCOCCN[C@@H](CN1CCCCC1)c1ccccc1. The first-order valence-corrected chi connectivity index (χ1v) is 8.09. The summed E-state index contributed by atoms with van der Waals surface area (Å²) in [5.74, 6) is 0. The standard InChI is InChI=1S/C17H28N2O2/c20-12-14-21-13-9-18-17(16-7-3-1-4-8-16)15-19-10-5-2-6-11-19/h1,3-4,7-8,17-18,20H,2,5-6,9-15H2/t17-/m0/s1. The lowest BCUT2D eigenvalue weighted by molar-refractivity contribution is 0.0911. The molecule has 4 heteroatoms. The van der Waals surface area contributed by atoms with Crippen molar-refractivity contribution in [2.45, 2.75) is 25.3 Å². The van der Waals surface area contributed by atoms with Crippen LogP contribution in [0.3, 0.4) is 0 Å². The zero-order chi connectivity index (χ0) is 14.8. The average molecular weight is 292 g/mol. The Balaban J connectivity index is 1.84. The normalized spacial score (nSPS) is 17.8. The minimum absolute atomic E-state index is 0.0931. The van der Waals surface area contributed by atoms with Gasteiger partial charge < -0.3 is 20.1 Å². The molecule has 0 aromatic heterocycles. The summed E-state index contributed by atoms with van der Waals surface area (Å²) >= 11 is 0. The highest BCUT2D eigenvalue weighted by molar-refractivity contribution is 5.19. The first kappa shape index (κ1) is 16.4. The van der Waals surface area contributed by atoms with Crippen LogP contribution in [0.15, 0.2) is 30.3 Å². The molecule has 1 aromatic carbocycles. The van der Waals surface area contributed by atoms with Gasteiger partial charge in [0.1, 0.15) is 0 Å². The van der Waals surface area contributed by atoms with Gasteiger partial charge in [0, 0.05) is 19.1 Å². The maximum atomic E-state index is 8.72. The zero-order valence-corrected chi connectivity index (χ0v) is 12.8. The van der Waals surface area contributed by atoms with Gasteiger partial charge in [-0.15, -0.1) is 0 Å². The largest absolute Gasteiger partial charge is 0.394 e. The molecular formula is C17H28N2O2. The summed E-state index contributed by atoms with van der Waals surface area (Å²) < 4.78 is 5.33. The minimum atomic E-state index is 0.0931. The molecule has 1 aromatic rings. The van der Waals surface area contributed by atoms with Crippen LogP contribution in [0.1, 0.15) is 30.9 Å². The molecule has 118 valence electrons. The van der Waals surface area contributed by atoms with E-state index in [0.29, 0.717) is 19.3 Å². The van der Waals surface area contributed by atoms with Gasteiger partial charge in [-0.1, -0.05) is 36.8 Å². The molecule has 1 atom stereocenters. The Morgan fingerprint density at radius 3 is 2.57 bits per heavy atom. The van der Waals surface area contributed by atoms with E-state index >= 15 is 0 Å². The second-order valence-electron chi connectivity index (χ2n) is 5.61. The molecule has 2 rings (SSSR count). The van der Waals surface area contributed by atoms with Gasteiger partial charge in [0.25, 0.3) is 0 Å². The van der Waals surface area contributed by atoms with Crippen molar-refractivity contribution >= 4 is 0 Å². The van der Waals surface area contributed by atoms with E-state index in [0.717, 1.165) is 13.1 Å². The Kier molecular flexibility index (Phi) is 7.75. The van der Waals surface area contributed by atoms with Crippen molar-refractivity contribution in [2.24, 2.45) is 0 Å². The first-order chi connectivity index (χ1) is 10.4. The fraction of sp³-hybridized carbons (Fsp3) is 0.647. The number of nitrogens with zero attached hydrogens (tertiary/aromatic N) is 1. The monoisotopic (exact) mass is 292 g/mol. The van der Waals surface area contributed by atoms with Crippen molar-refractivity contribution in [3.8, 4) is 0 Å². The van der Waals surface area contributed by atoms with Crippen LogP contribution in [0, 0.1) is 0 Å². The van der Waals surface area contributed by atoms with Crippen molar-refractivity contribution < 1.29 is 9.84 Å². The van der Waals surface area contributed by atoms with Crippen molar-refractivity contribution in [1.82, 2.24) is 10.2 Å². The third kappa shape index (κ3) is 6.14. The molecule has 1 heterocycles. The van der Waals surface area contributed by atoms with Gasteiger partial charge in [0.05, 0.1) is 19.8 Å². The Labute approximate surface area is 128 Å². The maximum absolute atomic E-state index is 8.72. The Bertz CT molecular complexity index is 366. The number of aliphatic hydroxyl groups is 1. The molecule has 1 saturated heterocycles. The molecule has 0 bridgehead atoms. The van der Waals surface area contributed by atoms with Gasteiger partial charge in [-0.2, -0.15) is 0 Å². The molecule has 1 fully saturated rings. The van der Waals surface area contributed by atoms with E-state index in [9.17, 15) is 0 Å². The minimum Gasteiger partial charge on any atom is -0.394 e. The molecule has 0 amide bonds. The summed E-state index contributed by atoms with van der Waals surface area (Å²) in [6.07, 6.45) is 4.01. The van der Waals surface area contributed by atoms with E-state index in [1.54, 1.807) is 0 Å². The van der Waals surface area contributed by atoms with Crippen molar-refractivity contribution in [2.75, 3.05) is 46.0 Å². The summed E-state index contributed by atoms with van der Waals surface area (Å²) in [6.45, 7) is 5.46. The highest BCUT2D eigenvalue weighted by Crippen LogP contribution is 2.17. The molecular weight excluding hydrogens is 264 g/mol. The lowest BCUT2D eigenvalue weighted by Gasteiger charge is -2.31. The van der Waals surface area contributed by atoms with Crippen LogP contribution in [0.25, 0.3) is 0 Å². The zero-order valence-electron chi connectivity index (χ0n) is 12.8. The number of ether oxygens (including phenoxy) is 1. The number of hydrogen-bond donors (Lipinski definition) is 2. The molecule has 0 saturated carbocycles. The molecule has 2 N–H and O–H groups in total. The smallest absolute Gasteiger partial charge is 0.0698 e. The highest BCUT2D eigenvalue weighted by atomic mass is 16.5. The van der Waals surface area contributed by atoms with Crippen LogP contribution in [-0.4, -0.2) is 56.0 Å². The Morgan fingerprint density at radius 2 is 1.86 bits per heavy atom. The molecule has 0 aliphatic carbocycles. The quantitative estimate of drug-likeness (QED) is 0.681. The number of hydrogen-bond acceptors (Lipinski definition) is 4. The molecule has 0 unspecified atom stereocenters. The van der Waals surface area contributed by atoms with Crippen LogP contribution in [-0.2, 0) is 4.74 Å². The average Bonchev–Trinajstić information content (AvgIpc) is 2.55. The molecule has 0 spiro atoms. The molecule has 4 nitrogen and oxygen atoms in total. The number of nitrogens with one attached hydrogen (secondary N) is 1. The molecule has 1 aliphatic rings. The summed E-state index contributed by atoms with van der Waals surface area (Å²) in [5.41, 5.74) is 1.34. The number of aliphatic hydroxyl groups excluding tert-OH is 1. The number of likely N-dealkylation sites (tertiary alicyclic amines) is 1. The highest BCUT2D eigenvalue weighted by Gasteiger charge is 2.17. The van der Waals surface area contributed by atoms with Gasteiger partial charge >= 0.3 is 0 Å². The Morgan fingerprint density at radius 1 is 1.10 bits per heavy atom. The second-order valence-corrected chi connectivity index (χ2v) is 5.61. The van der Waals surface area contributed by atoms with Crippen LogP contribution >= 0.6 is 0 Å². The van der Waals surface area contributed by atoms with Gasteiger partial charge in [0.2, 0.25) is 0 Å². The lowest BCUT2D eigenvalue weighted by Crippen LogP contribution is -2.39. The number of benzene rings is 1. The first-order valence-electron chi connectivity index (χ1n) is 8.09. The molecule has 1 aliphatic heterocycles. The molecule has 21 heavy (non-hydrogen) atoms. The van der Waals surface area contributed by atoms with Crippen LogP contribution in [0.4, 0.5) is 0 Å². The van der Waals surface area contributed by atoms with Gasteiger partial charge in [-0.25, -0.2) is 0 Å². The van der Waals surface area contributed by atoms with Crippen molar-refractivity contribution in [1.29, 1.82) is 0 Å². The molecule has 0 radical (unpaired) electrons. The van der Waals surface area contributed by atoms with Gasteiger partial charge in [-0.3, -0.25) is 0 Å². The summed E-state index contributed by atoms with van der Waals surface area (Å²) in [5, 5.41) is 12.3. The summed E-state index contributed by atoms with van der Waals surface area (Å²) in [4.78, 5) is 2.56. The number of piperidine rings is 1. The van der Waals surface area contributed by atoms with E-state index in [4.69, 9.17) is 9.84 Å². The number of rotatable bonds is 9. The third-order valence-electron chi connectivity index (χ3n) is 3.96. The predicted molar refractivity (Wildman–Crippen MR) is 85.4 cm³/mol. The Hall–Kier alpha value is -0.940. The van der Waals surface area contributed by atoms with Crippen LogP contribution in [0.2, 0.25) is 0 Å². The van der Waals surface area contributed by atoms with E-state index in [1.807, 2.05) is 0 Å². The summed E-state index contributed by atoms with van der Waals surface area (Å²) in [7, 11) is 0. The van der Waals surface area contributed by atoms with E-state index < -0.39 is 0 Å². The topological polar surface area (TPSA) is 44.7 Å². The van der Waals surface area contributed by atoms with Gasteiger partial charge in [-0.05, 0) is 31.5 Å². The van der Waals surface area contributed by atoms with E-state index in [-0.39, 0.29) is 6.61 Å². The summed E-state index contributed by atoms with van der Waals surface area (Å²) in [6, 6.07) is 11.0. The fourth-order valence-electron chi connectivity index (χ4n) is 2.85. The van der Waals surface area contributed by atoms with Crippen molar-refractivity contribution in [3.63, 3.8) is 0 Å².